The molecule has 2 heteroatoms. The highest BCUT2D eigenvalue weighted by molar-refractivity contribution is 5.13. The molecular weight excluding hydrogens is 212 g/mol. The number of hydrogen-bond donors (Lipinski definition) is 1. The second-order valence-corrected chi connectivity index (χ2v) is 4.20. The Bertz CT molecular complexity index is 295. The average molecular weight is 234 g/mol. The molecule has 17 heavy (non-hydrogen) atoms. The maximum absolute atomic E-state index is 9.66. The molecule has 0 radical (unpaired) electrons. The number of aliphatic hydroxyl groups excluding tert-OH is 1. The van der Waals surface area contributed by atoms with Crippen molar-refractivity contribution in [3.63, 3.8) is 0 Å². The maximum Gasteiger partial charge on any atom is 0.0716 e. The van der Waals surface area contributed by atoms with Gasteiger partial charge in [0.1, 0.15) is 0 Å². The predicted octanol–water partition coefficient (Wildman–Crippen LogP) is 3.31. The summed E-state index contributed by atoms with van der Waals surface area (Å²) in [7, 11) is 0. The third-order valence-electron chi connectivity index (χ3n) is 2.65. The van der Waals surface area contributed by atoms with E-state index in [0.29, 0.717) is 19.6 Å². The van der Waals surface area contributed by atoms with E-state index in [1.807, 2.05) is 36.4 Å². The molecule has 0 saturated heterocycles. The van der Waals surface area contributed by atoms with Gasteiger partial charge in [-0.05, 0) is 31.2 Å². The van der Waals surface area contributed by atoms with Crippen molar-refractivity contribution >= 4 is 0 Å². The van der Waals surface area contributed by atoms with Crippen molar-refractivity contribution in [1.82, 2.24) is 0 Å². The monoisotopic (exact) mass is 234 g/mol. The van der Waals surface area contributed by atoms with Gasteiger partial charge in [-0.2, -0.15) is 0 Å². The zero-order chi connectivity index (χ0) is 12.3. The molecule has 0 unspecified atom stereocenters. The van der Waals surface area contributed by atoms with Crippen LogP contribution in [0.3, 0.4) is 0 Å². The topological polar surface area (TPSA) is 29.5 Å². The van der Waals surface area contributed by atoms with Crippen LogP contribution in [-0.2, 0) is 11.3 Å². The summed E-state index contributed by atoms with van der Waals surface area (Å²) in [6.45, 7) is 4.90. The molecule has 2 nitrogen and oxygen atoms in total. The van der Waals surface area contributed by atoms with Gasteiger partial charge in [0.2, 0.25) is 0 Å². The van der Waals surface area contributed by atoms with Crippen LogP contribution in [0.4, 0.5) is 0 Å². The van der Waals surface area contributed by atoms with Crippen molar-refractivity contribution in [1.29, 1.82) is 0 Å². The summed E-state index contributed by atoms with van der Waals surface area (Å²) in [5, 5.41) is 9.66. The van der Waals surface area contributed by atoms with E-state index in [1.165, 1.54) is 5.56 Å². The summed E-state index contributed by atoms with van der Waals surface area (Å²) in [5.41, 5.74) is 1.17. The number of aliphatic hydroxyl groups is 1. The standard InChI is InChI=1S/C15H22O2/c1-2-3-5-10-15(16)11-12-17-13-14-8-6-4-7-9-14/h2,4,6-9,15-16H,1,3,5,10-13H2/t15-/m0/s1. The second kappa shape index (κ2) is 8.97. The number of hydrogen-bond acceptors (Lipinski definition) is 2. The Kier molecular flexibility index (Phi) is 7.35. The molecule has 1 aromatic rings. The lowest BCUT2D eigenvalue weighted by Gasteiger charge is -2.10. The molecule has 0 aliphatic carbocycles. The molecule has 0 fully saturated rings. The molecular formula is C15H22O2. The van der Waals surface area contributed by atoms with E-state index in [1.54, 1.807) is 0 Å². The van der Waals surface area contributed by atoms with E-state index in [-0.39, 0.29) is 6.10 Å². The third-order valence-corrected chi connectivity index (χ3v) is 2.65. The van der Waals surface area contributed by atoms with Crippen LogP contribution in [0.5, 0.6) is 0 Å². The molecule has 0 spiro atoms. The number of allylic oxidation sites excluding steroid dienone is 1. The summed E-state index contributed by atoms with van der Waals surface area (Å²) in [4.78, 5) is 0. The van der Waals surface area contributed by atoms with Gasteiger partial charge < -0.3 is 9.84 Å². The van der Waals surface area contributed by atoms with Crippen LogP contribution in [0.2, 0.25) is 0 Å². The SMILES string of the molecule is C=CCCC[C@H](O)CCOCc1ccccc1. The average Bonchev–Trinajstić information content (AvgIpc) is 2.36. The molecule has 1 rings (SSSR count). The molecule has 1 aromatic carbocycles. The van der Waals surface area contributed by atoms with Gasteiger partial charge in [0.25, 0.3) is 0 Å². The zero-order valence-electron chi connectivity index (χ0n) is 10.3. The van der Waals surface area contributed by atoms with Crippen molar-refractivity contribution in [2.45, 2.75) is 38.4 Å². The Hall–Kier alpha value is -1.12. The van der Waals surface area contributed by atoms with E-state index in [0.717, 1.165) is 19.3 Å². The Balaban J connectivity index is 2.02. The lowest BCUT2D eigenvalue weighted by atomic mass is 10.1. The molecule has 0 aliphatic heterocycles. The first-order chi connectivity index (χ1) is 8.33. The van der Waals surface area contributed by atoms with Gasteiger partial charge in [-0.25, -0.2) is 0 Å². The van der Waals surface area contributed by atoms with Crippen molar-refractivity contribution in [3.05, 3.63) is 48.6 Å². The highest BCUT2D eigenvalue weighted by atomic mass is 16.5. The smallest absolute Gasteiger partial charge is 0.0716 e. The number of rotatable bonds is 9. The van der Waals surface area contributed by atoms with Gasteiger partial charge in [-0.15, -0.1) is 6.58 Å². The van der Waals surface area contributed by atoms with E-state index >= 15 is 0 Å². The lowest BCUT2D eigenvalue weighted by Crippen LogP contribution is -2.10. The van der Waals surface area contributed by atoms with Crippen LogP contribution in [-0.4, -0.2) is 17.8 Å². The van der Waals surface area contributed by atoms with Crippen molar-refractivity contribution in [3.8, 4) is 0 Å². The summed E-state index contributed by atoms with van der Waals surface area (Å²) < 4.78 is 5.52. The molecule has 0 aliphatic rings. The first-order valence-corrected chi connectivity index (χ1v) is 6.23. The van der Waals surface area contributed by atoms with E-state index in [9.17, 15) is 5.11 Å². The number of benzene rings is 1. The van der Waals surface area contributed by atoms with Gasteiger partial charge >= 0.3 is 0 Å². The largest absolute Gasteiger partial charge is 0.393 e. The summed E-state index contributed by atoms with van der Waals surface area (Å²) in [6, 6.07) is 10.1. The fourth-order valence-corrected chi connectivity index (χ4v) is 1.63. The van der Waals surface area contributed by atoms with Crippen LogP contribution in [0.15, 0.2) is 43.0 Å². The second-order valence-electron chi connectivity index (χ2n) is 4.20. The minimum Gasteiger partial charge on any atom is -0.393 e. The molecule has 1 N–H and O–H groups in total. The van der Waals surface area contributed by atoms with E-state index in [4.69, 9.17) is 4.74 Å². The van der Waals surface area contributed by atoms with Gasteiger partial charge in [0.05, 0.1) is 12.7 Å². The fourth-order valence-electron chi connectivity index (χ4n) is 1.63. The Morgan fingerprint density at radius 3 is 2.71 bits per heavy atom. The molecule has 1 atom stereocenters. The van der Waals surface area contributed by atoms with Crippen LogP contribution in [0.1, 0.15) is 31.2 Å². The Morgan fingerprint density at radius 2 is 2.00 bits per heavy atom. The first-order valence-electron chi connectivity index (χ1n) is 6.23. The van der Waals surface area contributed by atoms with Crippen LogP contribution >= 0.6 is 0 Å². The minimum atomic E-state index is -0.245. The van der Waals surface area contributed by atoms with Crippen LogP contribution in [0, 0.1) is 0 Å². The molecule has 0 amide bonds. The number of unbranched alkanes of at least 4 members (excludes halogenated alkanes) is 1. The minimum absolute atomic E-state index is 0.245. The van der Waals surface area contributed by atoms with E-state index < -0.39 is 0 Å². The maximum atomic E-state index is 9.66. The first kappa shape index (κ1) is 13.9. The highest BCUT2D eigenvalue weighted by Crippen LogP contribution is 2.06. The Labute approximate surface area is 104 Å². The molecule has 0 bridgehead atoms. The third kappa shape index (κ3) is 6.93. The number of ether oxygens (including phenoxy) is 1. The molecule has 0 saturated carbocycles. The zero-order valence-corrected chi connectivity index (χ0v) is 10.3. The van der Waals surface area contributed by atoms with E-state index in [2.05, 4.69) is 6.58 Å². The lowest BCUT2D eigenvalue weighted by molar-refractivity contribution is 0.0694. The van der Waals surface area contributed by atoms with Gasteiger partial charge in [0.15, 0.2) is 0 Å². The van der Waals surface area contributed by atoms with Crippen molar-refractivity contribution < 1.29 is 9.84 Å². The van der Waals surface area contributed by atoms with Crippen molar-refractivity contribution in [2.75, 3.05) is 6.61 Å². The van der Waals surface area contributed by atoms with Crippen LogP contribution in [0.25, 0.3) is 0 Å². The van der Waals surface area contributed by atoms with Gasteiger partial charge in [0, 0.05) is 6.61 Å². The summed E-state index contributed by atoms with van der Waals surface area (Å²) in [6.07, 6.45) is 5.17. The Morgan fingerprint density at radius 1 is 1.24 bits per heavy atom. The summed E-state index contributed by atoms with van der Waals surface area (Å²) in [5.74, 6) is 0. The van der Waals surface area contributed by atoms with Crippen LogP contribution < -0.4 is 0 Å². The predicted molar refractivity (Wildman–Crippen MR) is 70.8 cm³/mol. The van der Waals surface area contributed by atoms with Gasteiger partial charge in [-0.1, -0.05) is 36.4 Å². The molecule has 94 valence electrons. The normalized spacial score (nSPS) is 12.3. The quantitative estimate of drug-likeness (QED) is 0.524. The molecule has 0 aromatic heterocycles. The molecule has 0 heterocycles. The summed E-state index contributed by atoms with van der Waals surface area (Å²) >= 11 is 0. The van der Waals surface area contributed by atoms with Crippen molar-refractivity contribution in [2.24, 2.45) is 0 Å². The highest BCUT2D eigenvalue weighted by Gasteiger charge is 2.03. The van der Waals surface area contributed by atoms with Gasteiger partial charge in [-0.3, -0.25) is 0 Å². The fraction of sp³-hybridized carbons (Fsp3) is 0.467.